The Kier molecular flexibility index (Phi) is 6.13. The number of aromatic amines is 1. The second-order valence-corrected chi connectivity index (χ2v) is 2.26. The maximum Gasteiger partial charge on any atom is 0.357 e. The molecule has 2 amide bonds. The molecular weight excluding hydrogens is 236 g/mol. The van der Waals surface area contributed by atoms with Gasteiger partial charge in [-0.3, -0.25) is 20.4 Å². The molecule has 1 aromatic rings. The Bertz CT molecular complexity index is 378. The summed E-state index contributed by atoms with van der Waals surface area (Å²) >= 11 is 0. The summed E-state index contributed by atoms with van der Waals surface area (Å²) in [6, 6.07) is 0. The van der Waals surface area contributed by atoms with E-state index < -0.39 is 23.3 Å². The number of H-pyrrole nitrogens is 1. The molecular formula is C7H8N4O6. The zero-order valence-corrected chi connectivity index (χ0v) is 8.21. The zero-order valence-electron chi connectivity index (χ0n) is 8.21. The predicted octanol–water partition coefficient (Wildman–Crippen LogP) is -1.80. The molecule has 0 radical (unpaired) electrons. The van der Waals surface area contributed by atoms with Crippen LogP contribution < -0.4 is 10.9 Å². The van der Waals surface area contributed by atoms with E-state index in [2.05, 4.69) is 9.97 Å². The van der Waals surface area contributed by atoms with Crippen molar-refractivity contribution in [3.05, 3.63) is 17.7 Å². The number of carboxylic acids is 2. The fourth-order valence-corrected chi connectivity index (χ4v) is 0.688. The summed E-state index contributed by atoms with van der Waals surface area (Å²) < 4.78 is 0. The van der Waals surface area contributed by atoms with Crippen molar-refractivity contribution < 1.29 is 29.4 Å². The number of carbonyl (C=O) groups excluding carboxylic acids is 2. The summed E-state index contributed by atoms with van der Waals surface area (Å²) in [5.74, 6) is -2.69. The van der Waals surface area contributed by atoms with Crippen LogP contribution in [0.2, 0.25) is 0 Å². The predicted molar refractivity (Wildman–Crippen MR) is 50.9 cm³/mol. The minimum absolute atomic E-state index is 0.369. The van der Waals surface area contributed by atoms with Crippen LogP contribution in [0.4, 0.5) is 0 Å². The van der Waals surface area contributed by atoms with Crippen molar-refractivity contribution in [2.75, 3.05) is 0 Å². The van der Waals surface area contributed by atoms with Crippen LogP contribution in [0.15, 0.2) is 6.33 Å². The number of nitrogens with one attached hydrogen (secondary N) is 3. The number of aromatic nitrogens is 2. The molecule has 0 unspecified atom stereocenters. The molecule has 0 bridgehead atoms. The SMILES string of the molecule is O=C(O)c1nc[nH]c1C(=O)O.O=CNNC=O. The third-order valence-electron chi connectivity index (χ3n) is 1.26. The normalized spacial score (nSPS) is 8.24. The molecule has 1 aromatic heterocycles. The Morgan fingerprint density at radius 2 is 1.71 bits per heavy atom. The van der Waals surface area contributed by atoms with E-state index in [-0.39, 0.29) is 0 Å². The van der Waals surface area contributed by atoms with Crippen molar-refractivity contribution in [1.82, 2.24) is 20.8 Å². The fourth-order valence-electron chi connectivity index (χ4n) is 0.688. The summed E-state index contributed by atoms with van der Waals surface area (Å²) in [6.07, 6.45) is 1.76. The Balaban J connectivity index is 0.000000366. The highest BCUT2D eigenvalue weighted by atomic mass is 16.4. The molecule has 10 heteroatoms. The highest BCUT2D eigenvalue weighted by molar-refractivity contribution is 5.98. The van der Waals surface area contributed by atoms with E-state index in [4.69, 9.17) is 10.2 Å². The molecule has 1 rings (SSSR count). The van der Waals surface area contributed by atoms with Crippen molar-refractivity contribution in [3.63, 3.8) is 0 Å². The molecule has 0 saturated carbocycles. The highest BCUT2D eigenvalue weighted by Crippen LogP contribution is 2.01. The molecule has 0 saturated heterocycles. The summed E-state index contributed by atoms with van der Waals surface area (Å²) in [5.41, 5.74) is 2.92. The lowest BCUT2D eigenvalue weighted by Crippen LogP contribution is -2.28. The van der Waals surface area contributed by atoms with Gasteiger partial charge in [-0.25, -0.2) is 14.6 Å². The molecule has 0 atom stereocenters. The van der Waals surface area contributed by atoms with Gasteiger partial charge in [0.1, 0.15) is 0 Å². The molecule has 1 heterocycles. The number of amides is 2. The van der Waals surface area contributed by atoms with Crippen molar-refractivity contribution in [1.29, 1.82) is 0 Å². The molecule has 0 aliphatic heterocycles. The Morgan fingerprint density at radius 3 is 2.00 bits per heavy atom. The van der Waals surface area contributed by atoms with Crippen molar-refractivity contribution in [2.45, 2.75) is 0 Å². The van der Waals surface area contributed by atoms with Gasteiger partial charge in [0.05, 0.1) is 6.33 Å². The third kappa shape index (κ3) is 4.92. The molecule has 17 heavy (non-hydrogen) atoms. The lowest BCUT2D eigenvalue weighted by Gasteiger charge is -1.88. The first-order chi connectivity index (χ1) is 8.04. The van der Waals surface area contributed by atoms with E-state index in [0.29, 0.717) is 12.8 Å². The van der Waals surface area contributed by atoms with E-state index in [1.165, 1.54) is 0 Å². The van der Waals surface area contributed by atoms with E-state index in [1.54, 1.807) is 0 Å². The van der Waals surface area contributed by atoms with Gasteiger partial charge in [-0.2, -0.15) is 0 Å². The number of imidazole rings is 1. The first-order valence-electron chi connectivity index (χ1n) is 3.92. The summed E-state index contributed by atoms with van der Waals surface area (Å²) in [6.45, 7) is 0. The van der Waals surface area contributed by atoms with Crippen LogP contribution >= 0.6 is 0 Å². The lowest BCUT2D eigenvalue weighted by atomic mass is 10.3. The molecule has 10 nitrogen and oxygen atoms in total. The van der Waals surface area contributed by atoms with Gasteiger partial charge in [0.2, 0.25) is 12.8 Å². The van der Waals surface area contributed by atoms with Gasteiger partial charge in [0, 0.05) is 0 Å². The van der Waals surface area contributed by atoms with Gasteiger partial charge in [0.15, 0.2) is 11.4 Å². The van der Waals surface area contributed by atoms with E-state index in [0.717, 1.165) is 6.33 Å². The Hall–Kier alpha value is -2.91. The minimum Gasteiger partial charge on any atom is -0.477 e. The molecule has 92 valence electrons. The van der Waals surface area contributed by atoms with Gasteiger partial charge < -0.3 is 15.2 Å². The molecule has 5 N–H and O–H groups in total. The molecule has 0 aromatic carbocycles. The second-order valence-electron chi connectivity index (χ2n) is 2.26. The molecule has 0 spiro atoms. The zero-order chi connectivity index (χ0) is 13.3. The standard InChI is InChI=1S/C5H4N2O4.C2H4N2O2/c8-4(9)2-3(5(10)11)7-1-6-2;5-1-3-4-2-6/h1H,(H,6,7)(H,8,9)(H,10,11);1-2H,(H,3,5)(H,4,6). The van der Waals surface area contributed by atoms with Gasteiger partial charge in [-0.05, 0) is 0 Å². The van der Waals surface area contributed by atoms with Gasteiger partial charge in [-0.15, -0.1) is 0 Å². The molecule has 0 aliphatic carbocycles. The lowest BCUT2D eigenvalue weighted by molar-refractivity contribution is -0.116. The van der Waals surface area contributed by atoms with Crippen molar-refractivity contribution >= 4 is 24.8 Å². The maximum atomic E-state index is 10.3. The monoisotopic (exact) mass is 244 g/mol. The summed E-state index contributed by atoms with van der Waals surface area (Å²) in [4.78, 5) is 44.5. The average Bonchev–Trinajstić information content (AvgIpc) is 2.76. The van der Waals surface area contributed by atoms with Crippen molar-refractivity contribution in [2.24, 2.45) is 0 Å². The second kappa shape index (κ2) is 7.39. The Labute approximate surface area is 93.6 Å². The molecule has 0 fully saturated rings. The quantitative estimate of drug-likeness (QED) is 0.232. The van der Waals surface area contributed by atoms with Gasteiger partial charge in [0.25, 0.3) is 0 Å². The van der Waals surface area contributed by atoms with E-state index in [1.807, 2.05) is 10.9 Å². The number of hydrogen-bond acceptors (Lipinski definition) is 5. The van der Waals surface area contributed by atoms with Crippen LogP contribution in [0.1, 0.15) is 21.0 Å². The minimum atomic E-state index is -1.36. The fraction of sp³-hybridized carbons (Fsp3) is 0. The third-order valence-corrected chi connectivity index (χ3v) is 1.26. The highest BCUT2D eigenvalue weighted by Gasteiger charge is 2.17. The van der Waals surface area contributed by atoms with Crippen LogP contribution in [-0.2, 0) is 9.59 Å². The topological polar surface area (TPSA) is 161 Å². The van der Waals surface area contributed by atoms with Crippen LogP contribution in [-0.4, -0.2) is 44.9 Å². The first-order valence-corrected chi connectivity index (χ1v) is 3.92. The number of hydrogen-bond donors (Lipinski definition) is 5. The molecule has 0 aliphatic rings. The van der Waals surface area contributed by atoms with Crippen LogP contribution in [0.3, 0.4) is 0 Å². The number of carbonyl (C=O) groups is 4. The van der Waals surface area contributed by atoms with Gasteiger partial charge >= 0.3 is 11.9 Å². The number of carboxylic acid groups (broad SMARTS) is 2. The summed E-state index contributed by atoms with van der Waals surface area (Å²) in [5, 5.41) is 16.7. The van der Waals surface area contributed by atoms with Crippen molar-refractivity contribution in [3.8, 4) is 0 Å². The van der Waals surface area contributed by atoms with E-state index >= 15 is 0 Å². The number of rotatable bonds is 5. The number of aromatic carboxylic acids is 2. The Morgan fingerprint density at radius 1 is 1.18 bits per heavy atom. The maximum absolute atomic E-state index is 10.3. The van der Waals surface area contributed by atoms with Crippen LogP contribution in [0.5, 0.6) is 0 Å². The van der Waals surface area contributed by atoms with Crippen LogP contribution in [0.25, 0.3) is 0 Å². The first kappa shape index (κ1) is 14.1. The summed E-state index contributed by atoms with van der Waals surface area (Å²) in [7, 11) is 0. The van der Waals surface area contributed by atoms with Gasteiger partial charge in [-0.1, -0.05) is 0 Å². The smallest absolute Gasteiger partial charge is 0.357 e. The number of hydrazine groups is 1. The van der Waals surface area contributed by atoms with E-state index in [9.17, 15) is 19.2 Å². The largest absolute Gasteiger partial charge is 0.477 e. The average molecular weight is 244 g/mol. The number of nitrogens with zero attached hydrogens (tertiary/aromatic N) is 1. The van der Waals surface area contributed by atoms with Crippen LogP contribution in [0, 0.1) is 0 Å².